The summed E-state index contributed by atoms with van der Waals surface area (Å²) < 4.78 is 11.8. The smallest absolute Gasteiger partial charge is 0.119 e. The van der Waals surface area contributed by atoms with Gasteiger partial charge in [-0.2, -0.15) is 0 Å². The largest absolute Gasteiger partial charge is 0.491 e. The summed E-state index contributed by atoms with van der Waals surface area (Å²) in [7, 11) is 0. The molecule has 20 heavy (non-hydrogen) atoms. The first-order valence-electron chi connectivity index (χ1n) is 7.48. The van der Waals surface area contributed by atoms with Gasteiger partial charge in [-0.05, 0) is 56.4 Å². The summed E-state index contributed by atoms with van der Waals surface area (Å²) in [5, 5.41) is 4.30. The van der Waals surface area contributed by atoms with Crippen molar-refractivity contribution < 1.29 is 9.47 Å². The van der Waals surface area contributed by atoms with Gasteiger partial charge in [-0.3, -0.25) is 0 Å². The van der Waals surface area contributed by atoms with Gasteiger partial charge in [-0.15, -0.1) is 0 Å². The highest BCUT2D eigenvalue weighted by atomic mass is 35.5. The fraction of sp³-hybridized carbons (Fsp3) is 0.625. The average molecular weight is 296 g/mol. The molecule has 2 fully saturated rings. The van der Waals surface area contributed by atoms with Gasteiger partial charge in [-0.25, -0.2) is 0 Å². The first kappa shape index (κ1) is 14.2. The van der Waals surface area contributed by atoms with Crippen molar-refractivity contribution in [2.45, 2.75) is 50.9 Å². The van der Waals surface area contributed by atoms with Crippen molar-refractivity contribution in [1.82, 2.24) is 5.32 Å². The molecule has 110 valence electrons. The molecule has 1 aromatic rings. The molecule has 1 aliphatic heterocycles. The molecule has 1 N–H and O–H groups in total. The molecule has 0 aromatic heterocycles. The lowest BCUT2D eigenvalue weighted by Crippen LogP contribution is -2.29. The zero-order valence-corrected chi connectivity index (χ0v) is 12.7. The van der Waals surface area contributed by atoms with Crippen LogP contribution in [0, 0.1) is 6.92 Å². The molecule has 3 rings (SSSR count). The Morgan fingerprint density at radius 1 is 1.25 bits per heavy atom. The number of rotatable bonds is 6. The van der Waals surface area contributed by atoms with Gasteiger partial charge in [0.1, 0.15) is 12.4 Å². The molecule has 0 spiro atoms. The van der Waals surface area contributed by atoms with E-state index in [1.54, 1.807) is 0 Å². The maximum atomic E-state index is 6.01. The van der Waals surface area contributed by atoms with Crippen LogP contribution in [0.5, 0.6) is 5.75 Å². The molecule has 3 nitrogen and oxygen atoms in total. The molecule has 2 atom stereocenters. The van der Waals surface area contributed by atoms with E-state index in [-0.39, 0.29) is 6.10 Å². The molecule has 2 unspecified atom stereocenters. The zero-order chi connectivity index (χ0) is 13.9. The van der Waals surface area contributed by atoms with Gasteiger partial charge in [0, 0.05) is 17.6 Å². The van der Waals surface area contributed by atoms with Gasteiger partial charge in [0.2, 0.25) is 0 Å². The van der Waals surface area contributed by atoms with Crippen LogP contribution < -0.4 is 10.1 Å². The Bertz CT molecular complexity index is 462. The summed E-state index contributed by atoms with van der Waals surface area (Å²) >= 11 is 6.01. The van der Waals surface area contributed by atoms with Crippen molar-refractivity contribution in [2.24, 2.45) is 0 Å². The highest BCUT2D eigenvalue weighted by Gasteiger charge is 2.28. The van der Waals surface area contributed by atoms with E-state index in [1.807, 2.05) is 25.1 Å². The summed E-state index contributed by atoms with van der Waals surface area (Å²) in [6.45, 7) is 3.60. The Labute approximate surface area is 125 Å². The van der Waals surface area contributed by atoms with Crippen LogP contribution >= 0.6 is 11.6 Å². The number of halogens is 1. The van der Waals surface area contributed by atoms with Crippen molar-refractivity contribution in [3.05, 3.63) is 28.8 Å². The van der Waals surface area contributed by atoms with E-state index < -0.39 is 0 Å². The highest BCUT2D eigenvalue weighted by Crippen LogP contribution is 2.25. The number of hydrogen-bond donors (Lipinski definition) is 1. The molecule has 1 saturated heterocycles. The molecular formula is C16H22ClNO2. The van der Waals surface area contributed by atoms with Crippen molar-refractivity contribution in [1.29, 1.82) is 0 Å². The van der Waals surface area contributed by atoms with E-state index in [9.17, 15) is 0 Å². The molecule has 1 heterocycles. The predicted molar refractivity (Wildman–Crippen MR) is 80.6 cm³/mol. The summed E-state index contributed by atoms with van der Waals surface area (Å²) in [4.78, 5) is 0. The quantitative estimate of drug-likeness (QED) is 0.873. The van der Waals surface area contributed by atoms with Gasteiger partial charge in [0.05, 0.1) is 12.2 Å². The Kier molecular flexibility index (Phi) is 4.49. The fourth-order valence-electron chi connectivity index (χ4n) is 2.53. The first-order chi connectivity index (χ1) is 9.70. The van der Waals surface area contributed by atoms with Gasteiger partial charge in [0.25, 0.3) is 0 Å². The van der Waals surface area contributed by atoms with Crippen LogP contribution in [0.1, 0.15) is 31.2 Å². The van der Waals surface area contributed by atoms with Crippen molar-refractivity contribution in [2.75, 3.05) is 13.2 Å². The number of aryl methyl sites for hydroxylation is 1. The molecule has 1 aromatic carbocycles. The van der Waals surface area contributed by atoms with Gasteiger partial charge >= 0.3 is 0 Å². The second-order valence-electron chi connectivity index (χ2n) is 5.86. The van der Waals surface area contributed by atoms with Crippen molar-refractivity contribution >= 4 is 11.6 Å². The summed E-state index contributed by atoms with van der Waals surface area (Å²) in [6.07, 6.45) is 5.45. The van der Waals surface area contributed by atoms with Crippen LogP contribution in [-0.4, -0.2) is 31.4 Å². The fourth-order valence-corrected chi connectivity index (χ4v) is 2.65. The third kappa shape index (κ3) is 3.87. The number of ether oxygens (including phenoxy) is 2. The van der Waals surface area contributed by atoms with Gasteiger partial charge in [0.15, 0.2) is 0 Å². The summed E-state index contributed by atoms with van der Waals surface area (Å²) in [5.41, 5.74) is 1.04. The second kappa shape index (κ2) is 6.33. The number of benzene rings is 1. The van der Waals surface area contributed by atoms with E-state index in [1.165, 1.54) is 12.8 Å². The van der Waals surface area contributed by atoms with E-state index in [0.29, 0.717) is 12.7 Å². The maximum Gasteiger partial charge on any atom is 0.119 e. The molecule has 0 radical (unpaired) electrons. The van der Waals surface area contributed by atoms with Crippen molar-refractivity contribution in [3.8, 4) is 5.75 Å². The summed E-state index contributed by atoms with van der Waals surface area (Å²) in [6, 6.07) is 6.52. The normalized spacial score (nSPS) is 25.9. The Balaban J connectivity index is 1.41. The predicted octanol–water partition coefficient (Wildman–Crippen LogP) is 3.33. The first-order valence-corrected chi connectivity index (χ1v) is 7.86. The van der Waals surface area contributed by atoms with Crippen LogP contribution in [0.4, 0.5) is 0 Å². The Morgan fingerprint density at radius 2 is 2.05 bits per heavy atom. The lowest BCUT2D eigenvalue weighted by molar-refractivity contribution is 0.0184. The van der Waals surface area contributed by atoms with Crippen LogP contribution in [0.15, 0.2) is 18.2 Å². The summed E-state index contributed by atoms with van der Waals surface area (Å²) in [5.74, 6) is 0.870. The molecule has 0 amide bonds. The maximum absolute atomic E-state index is 6.01. The highest BCUT2D eigenvalue weighted by molar-refractivity contribution is 6.31. The Hall–Kier alpha value is -0.770. The van der Waals surface area contributed by atoms with E-state index in [0.717, 1.165) is 41.8 Å². The SMILES string of the molecule is Cc1cc(OCC2CCC(CNC3CC3)O2)ccc1Cl. The lowest BCUT2D eigenvalue weighted by Gasteiger charge is -2.15. The molecular weight excluding hydrogens is 274 g/mol. The minimum Gasteiger partial charge on any atom is -0.491 e. The third-order valence-electron chi connectivity index (χ3n) is 3.97. The standard InChI is InChI=1S/C16H22ClNO2/c1-11-8-13(6-7-16(11)17)19-10-15-5-4-14(20-15)9-18-12-2-3-12/h6-8,12,14-15,18H,2-5,9-10H2,1H3. The Morgan fingerprint density at radius 3 is 2.80 bits per heavy atom. The monoisotopic (exact) mass is 295 g/mol. The van der Waals surface area contributed by atoms with Crippen LogP contribution in [0.2, 0.25) is 5.02 Å². The molecule has 2 aliphatic rings. The van der Waals surface area contributed by atoms with Crippen LogP contribution in [-0.2, 0) is 4.74 Å². The molecule has 0 bridgehead atoms. The molecule has 1 saturated carbocycles. The lowest BCUT2D eigenvalue weighted by atomic mass is 10.2. The van der Waals surface area contributed by atoms with Crippen LogP contribution in [0.3, 0.4) is 0 Å². The molecule has 4 heteroatoms. The second-order valence-corrected chi connectivity index (χ2v) is 6.27. The minimum atomic E-state index is 0.219. The number of hydrogen-bond acceptors (Lipinski definition) is 3. The topological polar surface area (TPSA) is 30.5 Å². The van der Waals surface area contributed by atoms with Gasteiger partial charge < -0.3 is 14.8 Å². The zero-order valence-electron chi connectivity index (χ0n) is 11.9. The van der Waals surface area contributed by atoms with Gasteiger partial charge in [-0.1, -0.05) is 11.6 Å². The molecule has 1 aliphatic carbocycles. The van der Waals surface area contributed by atoms with Crippen molar-refractivity contribution in [3.63, 3.8) is 0 Å². The average Bonchev–Trinajstić information content (AvgIpc) is 3.16. The minimum absolute atomic E-state index is 0.219. The van der Waals surface area contributed by atoms with Crippen LogP contribution in [0.25, 0.3) is 0 Å². The van der Waals surface area contributed by atoms with E-state index in [2.05, 4.69) is 5.32 Å². The van der Waals surface area contributed by atoms with E-state index >= 15 is 0 Å². The van der Waals surface area contributed by atoms with E-state index in [4.69, 9.17) is 21.1 Å². The number of nitrogens with one attached hydrogen (secondary N) is 1. The third-order valence-corrected chi connectivity index (χ3v) is 4.40.